The molecule has 9 heteroatoms. The molecular weight excluding hydrogens is 426 g/mol. The summed E-state index contributed by atoms with van der Waals surface area (Å²) in [6.07, 6.45) is 3.55. The highest BCUT2D eigenvalue weighted by Gasteiger charge is 2.25. The molecule has 0 unspecified atom stereocenters. The summed E-state index contributed by atoms with van der Waals surface area (Å²) in [6.45, 7) is 6.09. The van der Waals surface area contributed by atoms with Gasteiger partial charge in [-0.3, -0.25) is 9.78 Å². The molecule has 0 spiro atoms. The van der Waals surface area contributed by atoms with Crippen LogP contribution in [0.25, 0.3) is 11.0 Å². The van der Waals surface area contributed by atoms with Crippen molar-refractivity contribution in [1.82, 2.24) is 14.3 Å². The van der Waals surface area contributed by atoms with Crippen LogP contribution in [0.3, 0.4) is 0 Å². The van der Waals surface area contributed by atoms with Crippen LogP contribution >= 0.6 is 0 Å². The lowest BCUT2D eigenvalue weighted by molar-refractivity contribution is 0.102. The van der Waals surface area contributed by atoms with Crippen molar-refractivity contribution in [3.05, 3.63) is 54.4 Å². The Morgan fingerprint density at radius 1 is 1.06 bits per heavy atom. The van der Waals surface area contributed by atoms with Gasteiger partial charge in [0, 0.05) is 26.2 Å². The maximum absolute atomic E-state index is 13.1. The standard InChI is InChI=1S/C23H27N5O3S/c1-3-28(4-2)32(30,31)17-11-12-22(27-13-7-8-14-27)20(15-17)26-23(29)21-16-24-18-9-5-6-10-19(18)25-21/h5-6,9-12,15-16H,3-4,7-8,13-14H2,1-2H3,(H,26,29). The predicted molar refractivity (Wildman–Crippen MR) is 125 cm³/mol. The van der Waals surface area contributed by atoms with Crippen LogP contribution in [0.5, 0.6) is 0 Å². The van der Waals surface area contributed by atoms with Gasteiger partial charge in [0.25, 0.3) is 5.91 Å². The van der Waals surface area contributed by atoms with Gasteiger partial charge in [-0.25, -0.2) is 13.4 Å². The van der Waals surface area contributed by atoms with Gasteiger partial charge in [0.1, 0.15) is 5.69 Å². The van der Waals surface area contributed by atoms with Crippen molar-refractivity contribution >= 4 is 38.3 Å². The number of benzene rings is 2. The summed E-state index contributed by atoms with van der Waals surface area (Å²) >= 11 is 0. The van der Waals surface area contributed by atoms with Gasteiger partial charge in [-0.1, -0.05) is 26.0 Å². The Labute approximate surface area is 188 Å². The summed E-state index contributed by atoms with van der Waals surface area (Å²) in [5.74, 6) is -0.430. The van der Waals surface area contributed by atoms with E-state index in [2.05, 4.69) is 20.2 Å². The number of nitrogens with one attached hydrogen (secondary N) is 1. The molecule has 1 N–H and O–H groups in total. The highest BCUT2D eigenvalue weighted by molar-refractivity contribution is 7.89. The number of sulfonamides is 1. The summed E-state index contributed by atoms with van der Waals surface area (Å²) < 4.78 is 27.5. The van der Waals surface area contributed by atoms with Crippen LogP contribution in [-0.2, 0) is 10.0 Å². The van der Waals surface area contributed by atoms with Crippen LogP contribution in [0, 0.1) is 0 Å². The van der Waals surface area contributed by atoms with Crippen LogP contribution in [0.4, 0.5) is 11.4 Å². The summed E-state index contributed by atoms with van der Waals surface area (Å²) in [4.78, 5) is 24.1. The molecule has 0 aliphatic carbocycles. The maximum Gasteiger partial charge on any atom is 0.275 e. The quantitative estimate of drug-likeness (QED) is 0.588. The number of nitrogens with zero attached hydrogens (tertiary/aromatic N) is 4. The molecule has 1 aliphatic heterocycles. The smallest absolute Gasteiger partial charge is 0.275 e. The predicted octanol–water partition coefficient (Wildman–Crippen LogP) is 3.51. The molecule has 1 aromatic heterocycles. The molecule has 2 aromatic carbocycles. The van der Waals surface area contributed by atoms with E-state index in [-0.39, 0.29) is 10.6 Å². The first-order valence-corrected chi connectivity index (χ1v) is 12.3. The van der Waals surface area contributed by atoms with Crippen LogP contribution in [0.1, 0.15) is 37.2 Å². The minimum absolute atomic E-state index is 0.157. The van der Waals surface area contributed by atoms with Gasteiger partial charge in [-0.05, 0) is 43.2 Å². The molecule has 1 fully saturated rings. The number of anilines is 2. The summed E-state index contributed by atoms with van der Waals surface area (Å²) in [5.41, 5.74) is 2.77. The highest BCUT2D eigenvalue weighted by Crippen LogP contribution is 2.32. The van der Waals surface area contributed by atoms with E-state index in [1.165, 1.54) is 10.5 Å². The zero-order chi connectivity index (χ0) is 22.7. The molecule has 3 aromatic rings. The largest absolute Gasteiger partial charge is 0.370 e. The van der Waals surface area contributed by atoms with Gasteiger partial charge < -0.3 is 10.2 Å². The molecule has 32 heavy (non-hydrogen) atoms. The fraction of sp³-hybridized carbons (Fsp3) is 0.348. The van der Waals surface area contributed by atoms with Crippen LogP contribution in [0.15, 0.2) is 53.6 Å². The molecule has 0 bridgehead atoms. The van der Waals surface area contributed by atoms with E-state index < -0.39 is 15.9 Å². The first-order chi connectivity index (χ1) is 15.4. The van der Waals surface area contributed by atoms with Gasteiger partial charge in [-0.15, -0.1) is 0 Å². The molecule has 1 aliphatic rings. The second-order valence-electron chi connectivity index (χ2n) is 7.66. The highest BCUT2D eigenvalue weighted by atomic mass is 32.2. The summed E-state index contributed by atoms with van der Waals surface area (Å²) in [5, 5.41) is 2.89. The third kappa shape index (κ3) is 4.31. The summed E-state index contributed by atoms with van der Waals surface area (Å²) in [6, 6.07) is 12.3. The van der Waals surface area contributed by atoms with Gasteiger partial charge in [0.15, 0.2) is 0 Å². The summed E-state index contributed by atoms with van der Waals surface area (Å²) in [7, 11) is -3.66. The fourth-order valence-electron chi connectivity index (χ4n) is 3.98. The van der Waals surface area contributed by atoms with Crippen molar-refractivity contribution in [2.24, 2.45) is 0 Å². The number of carbonyl (C=O) groups excluding carboxylic acids is 1. The molecule has 168 valence electrons. The molecule has 0 radical (unpaired) electrons. The monoisotopic (exact) mass is 453 g/mol. The first-order valence-electron chi connectivity index (χ1n) is 10.9. The van der Waals surface area contributed by atoms with Crippen LogP contribution in [-0.4, -0.2) is 54.8 Å². The van der Waals surface area contributed by atoms with Crippen LogP contribution in [0.2, 0.25) is 0 Å². The molecule has 0 atom stereocenters. The van der Waals surface area contributed by atoms with E-state index in [0.29, 0.717) is 29.8 Å². The lowest BCUT2D eigenvalue weighted by Gasteiger charge is -2.24. The van der Waals surface area contributed by atoms with Crippen LogP contribution < -0.4 is 10.2 Å². The molecule has 0 saturated carbocycles. The Morgan fingerprint density at radius 2 is 1.75 bits per heavy atom. The van der Waals surface area contributed by atoms with Crippen molar-refractivity contribution in [1.29, 1.82) is 0 Å². The fourth-order valence-corrected chi connectivity index (χ4v) is 5.46. The average molecular weight is 454 g/mol. The number of amides is 1. The zero-order valence-electron chi connectivity index (χ0n) is 18.3. The van der Waals surface area contributed by atoms with Gasteiger partial charge in [0.2, 0.25) is 10.0 Å². The minimum Gasteiger partial charge on any atom is -0.370 e. The van der Waals surface area contributed by atoms with E-state index in [1.807, 2.05) is 18.2 Å². The third-order valence-electron chi connectivity index (χ3n) is 5.69. The first kappa shape index (κ1) is 22.2. The van der Waals surface area contributed by atoms with Crippen molar-refractivity contribution in [3.63, 3.8) is 0 Å². The molecule has 4 rings (SSSR count). The second-order valence-corrected chi connectivity index (χ2v) is 9.60. The van der Waals surface area contributed by atoms with E-state index in [0.717, 1.165) is 31.6 Å². The maximum atomic E-state index is 13.1. The van der Waals surface area contributed by atoms with E-state index in [1.54, 1.807) is 38.1 Å². The number of hydrogen-bond donors (Lipinski definition) is 1. The van der Waals surface area contributed by atoms with Crippen molar-refractivity contribution < 1.29 is 13.2 Å². The molecular formula is C23H27N5O3S. The molecule has 1 amide bonds. The number of para-hydroxylation sites is 2. The SMILES string of the molecule is CCN(CC)S(=O)(=O)c1ccc(N2CCCC2)c(NC(=O)c2cnc3ccccc3n2)c1. The van der Waals surface area contributed by atoms with E-state index in [9.17, 15) is 13.2 Å². The van der Waals surface area contributed by atoms with E-state index in [4.69, 9.17) is 0 Å². The topological polar surface area (TPSA) is 95.5 Å². The number of aromatic nitrogens is 2. The number of hydrogen-bond acceptors (Lipinski definition) is 6. The zero-order valence-corrected chi connectivity index (χ0v) is 19.1. The Morgan fingerprint density at radius 3 is 2.44 bits per heavy atom. The second kappa shape index (κ2) is 9.22. The van der Waals surface area contributed by atoms with Gasteiger partial charge in [-0.2, -0.15) is 4.31 Å². The number of rotatable bonds is 7. The minimum atomic E-state index is -3.66. The Balaban J connectivity index is 1.71. The average Bonchev–Trinajstić information content (AvgIpc) is 3.34. The Bertz CT molecular complexity index is 1240. The third-order valence-corrected chi connectivity index (χ3v) is 7.73. The van der Waals surface area contributed by atoms with Crippen molar-refractivity contribution in [2.45, 2.75) is 31.6 Å². The Hall–Kier alpha value is -3.04. The van der Waals surface area contributed by atoms with Gasteiger partial charge in [0.05, 0.1) is 33.5 Å². The van der Waals surface area contributed by atoms with Crippen molar-refractivity contribution in [3.8, 4) is 0 Å². The Kier molecular flexibility index (Phi) is 6.38. The molecule has 2 heterocycles. The number of fused-ring (bicyclic) bond motifs is 1. The normalized spacial score (nSPS) is 14.3. The van der Waals surface area contributed by atoms with Gasteiger partial charge >= 0.3 is 0 Å². The van der Waals surface area contributed by atoms with Crippen molar-refractivity contribution in [2.75, 3.05) is 36.4 Å². The molecule has 1 saturated heterocycles. The number of carbonyl (C=O) groups is 1. The molecule has 8 nitrogen and oxygen atoms in total. The lowest BCUT2D eigenvalue weighted by atomic mass is 10.2. The van der Waals surface area contributed by atoms with E-state index >= 15 is 0 Å². The lowest BCUT2D eigenvalue weighted by Crippen LogP contribution is -2.31.